The summed E-state index contributed by atoms with van der Waals surface area (Å²) < 4.78 is 0. The Morgan fingerprint density at radius 3 is 2.70 bits per heavy atom. The largest absolute Gasteiger partial charge is 0.355 e. The first-order chi connectivity index (χ1) is 13.3. The average molecular weight is 378 g/mol. The van der Waals surface area contributed by atoms with E-state index in [1.807, 2.05) is 6.07 Å². The van der Waals surface area contributed by atoms with Gasteiger partial charge in [-0.25, -0.2) is 4.98 Å². The molecule has 138 valence electrons. The number of thiazole rings is 1. The second-order valence-electron chi connectivity index (χ2n) is 7.32. The van der Waals surface area contributed by atoms with Crippen LogP contribution in [0.4, 0.5) is 5.82 Å². The standard InChI is InChI=1S/C21H23N5S/c1-2-6-16(7-3-1)19-15-27-21(22-19)14-25-11-8-18-17(13-25)12-20(24-23-18)26-9-4-5-10-26/h1-3,6-7,12,15H,4-5,8-11,13-14H2. The van der Waals surface area contributed by atoms with Gasteiger partial charge < -0.3 is 4.90 Å². The molecule has 6 heteroatoms. The van der Waals surface area contributed by atoms with Crippen LogP contribution in [0.1, 0.15) is 29.1 Å². The van der Waals surface area contributed by atoms with Gasteiger partial charge >= 0.3 is 0 Å². The molecule has 0 atom stereocenters. The van der Waals surface area contributed by atoms with Gasteiger partial charge in [-0.1, -0.05) is 30.3 Å². The van der Waals surface area contributed by atoms with Crippen LogP contribution in [0.5, 0.6) is 0 Å². The molecule has 5 rings (SSSR count). The van der Waals surface area contributed by atoms with E-state index in [1.165, 1.54) is 34.7 Å². The third-order valence-electron chi connectivity index (χ3n) is 5.42. The normalized spacial score (nSPS) is 17.3. The zero-order valence-electron chi connectivity index (χ0n) is 15.3. The monoisotopic (exact) mass is 377 g/mol. The molecule has 0 radical (unpaired) electrons. The maximum Gasteiger partial charge on any atom is 0.151 e. The molecule has 3 aromatic rings. The van der Waals surface area contributed by atoms with Gasteiger partial charge in [0.15, 0.2) is 5.82 Å². The van der Waals surface area contributed by atoms with Crippen LogP contribution in [0, 0.1) is 0 Å². The minimum Gasteiger partial charge on any atom is -0.355 e. The van der Waals surface area contributed by atoms with Crippen molar-refractivity contribution in [1.29, 1.82) is 0 Å². The van der Waals surface area contributed by atoms with Crippen molar-refractivity contribution in [3.05, 3.63) is 58.0 Å². The number of aromatic nitrogens is 3. The average Bonchev–Trinajstić information content (AvgIpc) is 3.40. The summed E-state index contributed by atoms with van der Waals surface area (Å²) >= 11 is 1.75. The molecule has 2 aliphatic rings. The van der Waals surface area contributed by atoms with Crippen molar-refractivity contribution in [1.82, 2.24) is 20.1 Å². The summed E-state index contributed by atoms with van der Waals surface area (Å²) in [5.74, 6) is 1.05. The fourth-order valence-corrected chi connectivity index (χ4v) is 4.77. The fraction of sp³-hybridized carbons (Fsp3) is 0.381. The number of hydrogen-bond acceptors (Lipinski definition) is 6. The van der Waals surface area contributed by atoms with E-state index in [9.17, 15) is 0 Å². The first-order valence-electron chi connectivity index (χ1n) is 9.68. The lowest BCUT2D eigenvalue weighted by Crippen LogP contribution is -2.31. The third-order valence-corrected chi connectivity index (χ3v) is 6.25. The van der Waals surface area contributed by atoms with E-state index in [4.69, 9.17) is 4.98 Å². The molecule has 4 heterocycles. The molecule has 0 saturated carbocycles. The molecule has 1 saturated heterocycles. The minimum atomic E-state index is 0.901. The van der Waals surface area contributed by atoms with Crippen molar-refractivity contribution in [3.8, 4) is 11.3 Å². The van der Waals surface area contributed by atoms with Crippen molar-refractivity contribution in [3.63, 3.8) is 0 Å². The van der Waals surface area contributed by atoms with Crippen LogP contribution >= 0.6 is 11.3 Å². The Kier molecular flexibility index (Phi) is 4.59. The topological polar surface area (TPSA) is 45.2 Å². The van der Waals surface area contributed by atoms with E-state index in [0.29, 0.717) is 0 Å². The highest BCUT2D eigenvalue weighted by Gasteiger charge is 2.22. The maximum absolute atomic E-state index is 4.85. The summed E-state index contributed by atoms with van der Waals surface area (Å²) in [5, 5.41) is 12.3. The predicted octanol–water partition coefficient (Wildman–Crippen LogP) is 3.76. The molecule has 0 amide bonds. The molecule has 0 aliphatic carbocycles. The maximum atomic E-state index is 4.85. The SMILES string of the molecule is c1ccc(-c2csc(CN3CCc4nnc(N5CCCC5)cc4C3)n2)cc1. The van der Waals surface area contributed by atoms with Gasteiger partial charge in [-0.3, -0.25) is 4.90 Å². The molecule has 1 aromatic carbocycles. The molecule has 0 unspecified atom stereocenters. The van der Waals surface area contributed by atoms with E-state index in [0.717, 1.165) is 50.7 Å². The molecule has 0 spiro atoms. The van der Waals surface area contributed by atoms with Crippen LogP contribution in [-0.2, 0) is 19.5 Å². The summed E-state index contributed by atoms with van der Waals surface area (Å²) in [6.45, 7) is 5.08. The van der Waals surface area contributed by atoms with Crippen molar-refractivity contribution in [2.75, 3.05) is 24.5 Å². The van der Waals surface area contributed by atoms with Gasteiger partial charge in [0.05, 0.1) is 17.9 Å². The van der Waals surface area contributed by atoms with Crippen molar-refractivity contribution in [2.45, 2.75) is 32.4 Å². The minimum absolute atomic E-state index is 0.901. The second kappa shape index (κ2) is 7.37. The quantitative estimate of drug-likeness (QED) is 0.693. The fourth-order valence-electron chi connectivity index (χ4n) is 3.93. The zero-order valence-corrected chi connectivity index (χ0v) is 16.2. The molecular formula is C21H23N5S. The Balaban J connectivity index is 1.29. The highest BCUT2D eigenvalue weighted by Crippen LogP contribution is 2.26. The number of anilines is 1. The smallest absolute Gasteiger partial charge is 0.151 e. The van der Waals surface area contributed by atoms with Gasteiger partial charge in [0.25, 0.3) is 0 Å². The number of fused-ring (bicyclic) bond motifs is 1. The third kappa shape index (κ3) is 3.59. The first kappa shape index (κ1) is 16.8. The Bertz CT molecular complexity index is 917. The molecule has 0 bridgehead atoms. The molecule has 2 aliphatic heterocycles. The van der Waals surface area contributed by atoms with Crippen LogP contribution < -0.4 is 4.90 Å². The highest BCUT2D eigenvalue weighted by molar-refractivity contribution is 7.09. The Labute approximate surface area is 163 Å². The molecule has 1 fully saturated rings. The van der Waals surface area contributed by atoms with Crippen molar-refractivity contribution < 1.29 is 0 Å². The summed E-state index contributed by atoms with van der Waals surface area (Å²) in [4.78, 5) is 9.69. The van der Waals surface area contributed by atoms with E-state index < -0.39 is 0 Å². The van der Waals surface area contributed by atoms with Crippen molar-refractivity contribution >= 4 is 17.2 Å². The number of hydrogen-bond donors (Lipinski definition) is 0. The van der Waals surface area contributed by atoms with Crippen LogP contribution in [0.2, 0.25) is 0 Å². The highest BCUT2D eigenvalue weighted by atomic mass is 32.1. The Hall–Kier alpha value is -2.31. The van der Waals surface area contributed by atoms with Gasteiger partial charge in [0, 0.05) is 43.5 Å². The van der Waals surface area contributed by atoms with Crippen LogP contribution in [0.3, 0.4) is 0 Å². The van der Waals surface area contributed by atoms with Gasteiger partial charge in [0.1, 0.15) is 5.01 Å². The zero-order chi connectivity index (χ0) is 18.1. The number of rotatable bonds is 4. The number of nitrogens with zero attached hydrogens (tertiary/aromatic N) is 5. The van der Waals surface area contributed by atoms with Crippen LogP contribution in [0.25, 0.3) is 11.3 Å². The second-order valence-corrected chi connectivity index (χ2v) is 8.26. The van der Waals surface area contributed by atoms with Crippen LogP contribution in [-0.4, -0.2) is 39.7 Å². The summed E-state index contributed by atoms with van der Waals surface area (Å²) in [7, 11) is 0. The summed E-state index contributed by atoms with van der Waals surface area (Å²) in [5.41, 5.74) is 4.76. The van der Waals surface area contributed by atoms with Gasteiger partial charge in [-0.05, 0) is 24.5 Å². The molecule has 2 aromatic heterocycles. The van der Waals surface area contributed by atoms with Gasteiger partial charge in [-0.15, -0.1) is 16.4 Å². The summed E-state index contributed by atoms with van der Waals surface area (Å²) in [6, 6.07) is 12.7. The lowest BCUT2D eigenvalue weighted by atomic mass is 10.1. The van der Waals surface area contributed by atoms with Gasteiger partial charge in [-0.2, -0.15) is 5.10 Å². The van der Waals surface area contributed by atoms with E-state index in [1.54, 1.807) is 11.3 Å². The molecular weight excluding hydrogens is 354 g/mol. The van der Waals surface area contributed by atoms with E-state index >= 15 is 0 Å². The van der Waals surface area contributed by atoms with E-state index in [2.05, 4.69) is 55.7 Å². The predicted molar refractivity (Wildman–Crippen MR) is 109 cm³/mol. The van der Waals surface area contributed by atoms with Crippen LogP contribution in [0.15, 0.2) is 41.8 Å². The summed E-state index contributed by atoms with van der Waals surface area (Å²) in [6.07, 6.45) is 3.50. The molecule has 0 N–H and O–H groups in total. The molecule has 27 heavy (non-hydrogen) atoms. The lowest BCUT2D eigenvalue weighted by molar-refractivity contribution is 0.242. The van der Waals surface area contributed by atoms with Crippen molar-refractivity contribution in [2.24, 2.45) is 0 Å². The Morgan fingerprint density at radius 2 is 1.85 bits per heavy atom. The van der Waals surface area contributed by atoms with E-state index in [-0.39, 0.29) is 0 Å². The molecule has 5 nitrogen and oxygen atoms in total. The van der Waals surface area contributed by atoms with Gasteiger partial charge in [0.2, 0.25) is 0 Å². The first-order valence-corrected chi connectivity index (χ1v) is 10.6. The Morgan fingerprint density at radius 1 is 1.00 bits per heavy atom. The lowest BCUT2D eigenvalue weighted by Gasteiger charge is -2.28. The number of benzene rings is 1.